The summed E-state index contributed by atoms with van der Waals surface area (Å²) in [6, 6.07) is 5.93. The van der Waals surface area contributed by atoms with Gasteiger partial charge in [0, 0.05) is 12.7 Å². The van der Waals surface area contributed by atoms with Crippen LogP contribution < -0.4 is 15.4 Å². The zero-order valence-corrected chi connectivity index (χ0v) is 10.8. The van der Waals surface area contributed by atoms with Crippen LogP contribution in [0, 0.1) is 17.1 Å². The van der Waals surface area contributed by atoms with Gasteiger partial charge in [0.2, 0.25) is 11.9 Å². The summed E-state index contributed by atoms with van der Waals surface area (Å²) in [5, 5.41) is 14.4. The Hall–Kier alpha value is -2.95. The summed E-state index contributed by atoms with van der Waals surface area (Å²) < 4.78 is 18.2. The highest BCUT2D eigenvalue weighted by Gasteiger charge is 2.08. The Morgan fingerprint density at radius 2 is 2.00 bits per heavy atom. The van der Waals surface area contributed by atoms with E-state index in [0.29, 0.717) is 11.6 Å². The maximum absolute atomic E-state index is 13.2. The van der Waals surface area contributed by atoms with E-state index in [0.717, 1.165) is 0 Å². The smallest absolute Gasteiger partial charge is 0.322 e. The number of hydrogen-bond acceptors (Lipinski definition) is 7. The highest BCUT2D eigenvalue weighted by atomic mass is 19.1. The summed E-state index contributed by atoms with van der Waals surface area (Å²) in [6.07, 6.45) is 0. The molecule has 20 heavy (non-hydrogen) atoms. The summed E-state index contributed by atoms with van der Waals surface area (Å²) in [5.41, 5.74) is 0.420. The van der Waals surface area contributed by atoms with Crippen molar-refractivity contribution in [1.29, 1.82) is 5.26 Å². The van der Waals surface area contributed by atoms with E-state index in [4.69, 9.17) is 10.00 Å². The molecule has 1 heterocycles. The van der Waals surface area contributed by atoms with Gasteiger partial charge in [-0.2, -0.15) is 20.2 Å². The number of nitriles is 1. The van der Waals surface area contributed by atoms with Gasteiger partial charge >= 0.3 is 6.01 Å². The Labute approximate surface area is 114 Å². The Bertz CT molecular complexity index is 647. The molecule has 2 aromatic rings. The SMILES string of the molecule is CNc1nc(Nc2ccc(F)c(C#N)c2)nc(OC)n1. The van der Waals surface area contributed by atoms with Crippen molar-refractivity contribution in [1.82, 2.24) is 15.0 Å². The number of ether oxygens (including phenoxy) is 1. The number of nitrogens with zero attached hydrogens (tertiary/aromatic N) is 4. The van der Waals surface area contributed by atoms with Gasteiger partial charge in [0.1, 0.15) is 11.9 Å². The zero-order chi connectivity index (χ0) is 14.5. The number of benzene rings is 1. The van der Waals surface area contributed by atoms with Gasteiger partial charge < -0.3 is 15.4 Å². The molecule has 0 bridgehead atoms. The van der Waals surface area contributed by atoms with Gasteiger partial charge in [0.15, 0.2) is 0 Å². The van der Waals surface area contributed by atoms with E-state index in [9.17, 15) is 4.39 Å². The van der Waals surface area contributed by atoms with Crippen LogP contribution >= 0.6 is 0 Å². The highest BCUT2D eigenvalue weighted by Crippen LogP contribution is 2.19. The monoisotopic (exact) mass is 274 g/mol. The van der Waals surface area contributed by atoms with E-state index in [2.05, 4.69) is 25.6 Å². The van der Waals surface area contributed by atoms with E-state index in [1.165, 1.54) is 25.3 Å². The predicted octanol–water partition coefficient (Wildman–Crippen LogP) is 1.68. The van der Waals surface area contributed by atoms with Crippen LogP contribution in [0.25, 0.3) is 0 Å². The van der Waals surface area contributed by atoms with Crippen molar-refractivity contribution in [3.63, 3.8) is 0 Å². The number of aromatic nitrogens is 3. The van der Waals surface area contributed by atoms with Crippen LogP contribution in [0.5, 0.6) is 6.01 Å². The minimum atomic E-state index is -0.581. The fourth-order valence-electron chi connectivity index (χ4n) is 1.43. The summed E-state index contributed by atoms with van der Waals surface area (Å²) in [7, 11) is 3.09. The van der Waals surface area contributed by atoms with E-state index < -0.39 is 5.82 Å². The maximum Gasteiger partial charge on any atom is 0.322 e. The van der Waals surface area contributed by atoms with Crippen LogP contribution in [0.2, 0.25) is 0 Å². The van der Waals surface area contributed by atoms with Crippen molar-refractivity contribution in [2.24, 2.45) is 0 Å². The summed E-state index contributed by atoms with van der Waals surface area (Å²) in [5.74, 6) is -0.0409. The van der Waals surface area contributed by atoms with Gasteiger partial charge in [-0.15, -0.1) is 0 Å². The van der Waals surface area contributed by atoms with Crippen LogP contribution in [0.4, 0.5) is 22.0 Å². The molecule has 0 fully saturated rings. The van der Waals surface area contributed by atoms with Gasteiger partial charge in [0.05, 0.1) is 12.7 Å². The number of halogens is 1. The lowest BCUT2D eigenvalue weighted by Crippen LogP contribution is -2.05. The van der Waals surface area contributed by atoms with Crippen molar-refractivity contribution < 1.29 is 9.13 Å². The van der Waals surface area contributed by atoms with Crippen molar-refractivity contribution in [2.45, 2.75) is 0 Å². The Morgan fingerprint density at radius 3 is 2.65 bits per heavy atom. The lowest BCUT2D eigenvalue weighted by molar-refractivity contribution is 0.379. The largest absolute Gasteiger partial charge is 0.467 e. The molecule has 0 aliphatic heterocycles. The molecule has 8 heteroatoms. The lowest BCUT2D eigenvalue weighted by atomic mass is 10.2. The van der Waals surface area contributed by atoms with Crippen LogP contribution in [-0.2, 0) is 0 Å². The third-order valence-corrected chi connectivity index (χ3v) is 2.36. The number of anilines is 3. The molecule has 0 spiro atoms. The zero-order valence-electron chi connectivity index (χ0n) is 10.8. The molecule has 0 unspecified atom stereocenters. The van der Waals surface area contributed by atoms with E-state index in [1.54, 1.807) is 13.1 Å². The molecule has 1 aromatic carbocycles. The quantitative estimate of drug-likeness (QED) is 0.875. The Balaban J connectivity index is 2.32. The third kappa shape index (κ3) is 2.89. The second kappa shape index (κ2) is 5.79. The Kier molecular flexibility index (Phi) is 3.91. The highest BCUT2D eigenvalue weighted by molar-refractivity contribution is 5.57. The number of hydrogen-bond donors (Lipinski definition) is 2. The molecule has 1 aromatic heterocycles. The van der Waals surface area contributed by atoms with E-state index >= 15 is 0 Å². The average Bonchev–Trinajstić information content (AvgIpc) is 2.48. The molecule has 0 saturated carbocycles. The summed E-state index contributed by atoms with van der Waals surface area (Å²) in [4.78, 5) is 12.0. The molecule has 0 radical (unpaired) electrons. The second-order valence-corrected chi connectivity index (χ2v) is 3.65. The first-order valence-corrected chi connectivity index (χ1v) is 5.60. The standard InChI is InChI=1S/C12H11FN6O/c1-15-10-17-11(19-12(18-10)20-2)16-8-3-4-9(13)7(5-8)6-14/h3-5H,1-2H3,(H2,15,16,17,18,19). The van der Waals surface area contributed by atoms with E-state index in [1.807, 2.05) is 0 Å². The number of methoxy groups -OCH3 is 1. The first-order valence-electron chi connectivity index (χ1n) is 5.60. The van der Waals surface area contributed by atoms with E-state index in [-0.39, 0.29) is 17.5 Å². The van der Waals surface area contributed by atoms with Gasteiger partial charge in [-0.1, -0.05) is 0 Å². The van der Waals surface area contributed by atoms with Crippen molar-refractivity contribution in [3.05, 3.63) is 29.6 Å². The van der Waals surface area contributed by atoms with Crippen molar-refractivity contribution in [2.75, 3.05) is 24.8 Å². The molecule has 2 N–H and O–H groups in total. The maximum atomic E-state index is 13.2. The van der Waals surface area contributed by atoms with Gasteiger partial charge in [-0.25, -0.2) is 4.39 Å². The minimum Gasteiger partial charge on any atom is -0.467 e. The molecule has 0 aliphatic rings. The van der Waals surface area contributed by atoms with Crippen LogP contribution in [0.3, 0.4) is 0 Å². The van der Waals surface area contributed by atoms with Crippen molar-refractivity contribution in [3.8, 4) is 12.1 Å². The van der Waals surface area contributed by atoms with Crippen LogP contribution in [0.1, 0.15) is 5.56 Å². The lowest BCUT2D eigenvalue weighted by Gasteiger charge is -2.08. The predicted molar refractivity (Wildman–Crippen MR) is 70.3 cm³/mol. The normalized spacial score (nSPS) is 9.70. The molecule has 0 atom stereocenters. The fourth-order valence-corrected chi connectivity index (χ4v) is 1.43. The third-order valence-electron chi connectivity index (χ3n) is 2.36. The molecule has 7 nitrogen and oxygen atoms in total. The molecule has 0 saturated heterocycles. The second-order valence-electron chi connectivity index (χ2n) is 3.65. The van der Waals surface area contributed by atoms with Gasteiger partial charge in [-0.05, 0) is 18.2 Å². The fraction of sp³-hybridized carbons (Fsp3) is 0.167. The van der Waals surface area contributed by atoms with Crippen LogP contribution in [-0.4, -0.2) is 29.1 Å². The molecular weight excluding hydrogens is 263 g/mol. The molecular formula is C12H11FN6O. The summed E-state index contributed by atoms with van der Waals surface area (Å²) in [6.45, 7) is 0. The molecule has 0 aliphatic carbocycles. The number of rotatable bonds is 4. The number of nitrogens with one attached hydrogen (secondary N) is 2. The average molecular weight is 274 g/mol. The topological polar surface area (TPSA) is 95.8 Å². The summed E-state index contributed by atoms with van der Waals surface area (Å²) >= 11 is 0. The van der Waals surface area contributed by atoms with Crippen LogP contribution in [0.15, 0.2) is 18.2 Å². The molecule has 102 valence electrons. The van der Waals surface area contributed by atoms with Gasteiger partial charge in [-0.3, -0.25) is 0 Å². The molecule has 2 rings (SSSR count). The minimum absolute atomic E-state index is 0.0649. The van der Waals surface area contributed by atoms with Gasteiger partial charge in [0.25, 0.3) is 0 Å². The van der Waals surface area contributed by atoms with Crippen molar-refractivity contribution >= 4 is 17.6 Å². The first-order chi connectivity index (χ1) is 9.66. The Morgan fingerprint density at radius 1 is 1.25 bits per heavy atom. The first kappa shape index (κ1) is 13.5. The molecule has 0 amide bonds.